The third-order valence-corrected chi connectivity index (χ3v) is 4.64. The van der Waals surface area contributed by atoms with Gasteiger partial charge >= 0.3 is 29.9 Å². The molecule has 1 fully saturated rings. The van der Waals surface area contributed by atoms with Crippen LogP contribution in [0.4, 0.5) is 10.5 Å². The number of urea groups is 1. The van der Waals surface area contributed by atoms with Crippen LogP contribution < -0.4 is 10.6 Å². The minimum Gasteiger partial charge on any atom is -0.463 e. The summed E-state index contributed by atoms with van der Waals surface area (Å²) in [4.78, 5) is 59.3. The van der Waals surface area contributed by atoms with E-state index in [2.05, 4.69) is 10.6 Å². The number of nitrogens with one attached hydrogen (secondary N) is 2. The normalized spacial score (nSPS) is 23.7. The summed E-state index contributed by atoms with van der Waals surface area (Å²) in [6, 6.07) is 4.12. The number of benzene rings is 1. The number of halogens is 1. The molecule has 0 aliphatic carbocycles. The van der Waals surface area contributed by atoms with Gasteiger partial charge in [0.25, 0.3) is 0 Å². The average Bonchev–Trinajstić information content (AvgIpc) is 2.71. The van der Waals surface area contributed by atoms with Gasteiger partial charge in [0.05, 0.1) is 0 Å². The summed E-state index contributed by atoms with van der Waals surface area (Å²) in [5.74, 6) is -2.95. The smallest absolute Gasteiger partial charge is 0.319 e. The maximum Gasteiger partial charge on any atom is 0.319 e. The SMILES string of the molecule is CC(=O)OC[C@H]1O[C@H](OC(C)=O)[C@H](NC(=O)Nc2ccc(Cl)cc2)[C@@H](OC(C)=O)[C@@H]1OC(C)=O. The van der Waals surface area contributed by atoms with Crippen molar-refractivity contribution in [1.29, 1.82) is 0 Å². The van der Waals surface area contributed by atoms with Gasteiger partial charge in [0.15, 0.2) is 12.2 Å². The molecule has 1 aliphatic rings. The predicted octanol–water partition coefficient (Wildman–Crippen LogP) is 1.54. The highest BCUT2D eigenvalue weighted by Gasteiger charge is 2.52. The molecule has 13 heteroatoms. The highest BCUT2D eigenvalue weighted by Crippen LogP contribution is 2.28. The Morgan fingerprint density at radius 3 is 1.94 bits per heavy atom. The molecule has 5 atom stereocenters. The standard InChI is InChI=1S/C21H25ClN2O10/c1-10(25)30-9-16-18(31-11(2)26)19(32-12(3)27)17(20(34-16)33-13(4)28)24-21(29)23-15-7-5-14(22)6-8-15/h5-8,16-20H,9H2,1-4H3,(H2,23,24,29)/t16-,17-,18-,19-,20+/m1/s1. The van der Waals surface area contributed by atoms with Crippen molar-refractivity contribution in [3.63, 3.8) is 0 Å². The first-order chi connectivity index (χ1) is 16.0. The van der Waals surface area contributed by atoms with E-state index >= 15 is 0 Å². The zero-order valence-electron chi connectivity index (χ0n) is 18.9. The quantitative estimate of drug-likeness (QED) is 0.416. The second-order valence-electron chi connectivity index (χ2n) is 7.23. The van der Waals surface area contributed by atoms with Gasteiger partial charge in [-0.25, -0.2) is 4.79 Å². The van der Waals surface area contributed by atoms with Crippen LogP contribution in [0.15, 0.2) is 24.3 Å². The lowest BCUT2D eigenvalue weighted by Gasteiger charge is -2.44. The second kappa shape index (κ2) is 12.2. The maximum atomic E-state index is 12.7. The van der Waals surface area contributed by atoms with E-state index in [4.69, 9.17) is 35.3 Å². The topological polar surface area (TPSA) is 156 Å². The van der Waals surface area contributed by atoms with Crippen LogP contribution in [0.2, 0.25) is 5.02 Å². The highest BCUT2D eigenvalue weighted by atomic mass is 35.5. The number of anilines is 1. The van der Waals surface area contributed by atoms with Gasteiger partial charge in [0.2, 0.25) is 6.29 Å². The van der Waals surface area contributed by atoms with Crippen LogP contribution in [0.5, 0.6) is 0 Å². The molecular weight excluding hydrogens is 476 g/mol. The van der Waals surface area contributed by atoms with E-state index in [0.29, 0.717) is 10.7 Å². The number of ether oxygens (including phenoxy) is 5. The first kappa shape index (κ1) is 26.9. The molecule has 0 radical (unpaired) electrons. The molecule has 1 aromatic rings. The van der Waals surface area contributed by atoms with Gasteiger partial charge in [-0.05, 0) is 24.3 Å². The minimum atomic E-state index is -1.48. The van der Waals surface area contributed by atoms with E-state index in [0.717, 1.165) is 27.7 Å². The molecule has 0 aromatic heterocycles. The third-order valence-electron chi connectivity index (χ3n) is 4.38. The molecule has 1 aromatic carbocycles. The lowest BCUT2D eigenvalue weighted by Crippen LogP contribution is -2.67. The van der Waals surface area contributed by atoms with E-state index in [1.165, 1.54) is 0 Å². The Morgan fingerprint density at radius 1 is 0.853 bits per heavy atom. The van der Waals surface area contributed by atoms with Gasteiger partial charge in [0, 0.05) is 38.4 Å². The number of hydrogen-bond donors (Lipinski definition) is 2. The fourth-order valence-electron chi connectivity index (χ4n) is 3.17. The van der Waals surface area contributed by atoms with Crippen molar-refractivity contribution in [2.45, 2.75) is 58.3 Å². The Hall–Kier alpha value is -3.38. The van der Waals surface area contributed by atoms with Crippen LogP contribution in [0.25, 0.3) is 0 Å². The fourth-order valence-corrected chi connectivity index (χ4v) is 3.30. The Balaban J connectivity index is 2.37. The fraction of sp³-hybridized carbons (Fsp3) is 0.476. The van der Waals surface area contributed by atoms with Gasteiger partial charge < -0.3 is 34.3 Å². The summed E-state index contributed by atoms with van der Waals surface area (Å²) >= 11 is 5.84. The lowest BCUT2D eigenvalue weighted by atomic mass is 9.96. The summed E-state index contributed by atoms with van der Waals surface area (Å²) in [6.07, 6.45) is -5.34. The second-order valence-corrected chi connectivity index (χ2v) is 7.67. The summed E-state index contributed by atoms with van der Waals surface area (Å²) in [6.45, 7) is 4.07. The zero-order valence-corrected chi connectivity index (χ0v) is 19.6. The first-order valence-electron chi connectivity index (χ1n) is 10.1. The van der Waals surface area contributed by atoms with Crippen LogP contribution in [-0.4, -0.2) is 67.2 Å². The summed E-state index contributed by atoms with van der Waals surface area (Å²) < 4.78 is 26.5. The van der Waals surface area contributed by atoms with Gasteiger partial charge in [-0.15, -0.1) is 0 Å². The summed E-state index contributed by atoms with van der Waals surface area (Å²) in [5.41, 5.74) is 0.385. The van der Waals surface area contributed by atoms with Gasteiger partial charge in [0.1, 0.15) is 18.8 Å². The van der Waals surface area contributed by atoms with Crippen molar-refractivity contribution in [3.05, 3.63) is 29.3 Å². The molecule has 0 unspecified atom stereocenters. The number of amides is 2. The maximum absolute atomic E-state index is 12.7. The molecular formula is C21H25ClN2O10. The van der Waals surface area contributed by atoms with Crippen molar-refractivity contribution in [2.24, 2.45) is 0 Å². The summed E-state index contributed by atoms with van der Waals surface area (Å²) in [7, 11) is 0. The number of esters is 4. The molecule has 0 saturated carbocycles. The Bertz CT molecular complexity index is 923. The van der Waals surface area contributed by atoms with Crippen molar-refractivity contribution in [2.75, 3.05) is 11.9 Å². The van der Waals surface area contributed by atoms with Crippen molar-refractivity contribution in [1.82, 2.24) is 5.32 Å². The number of hydrogen-bond acceptors (Lipinski definition) is 10. The highest BCUT2D eigenvalue weighted by molar-refractivity contribution is 6.30. The van der Waals surface area contributed by atoms with E-state index < -0.39 is 67.2 Å². The van der Waals surface area contributed by atoms with Crippen LogP contribution in [0.3, 0.4) is 0 Å². The Labute approximate surface area is 200 Å². The number of carbonyl (C=O) groups excluding carboxylic acids is 5. The van der Waals surface area contributed by atoms with Crippen molar-refractivity contribution < 1.29 is 47.7 Å². The van der Waals surface area contributed by atoms with E-state index in [1.54, 1.807) is 24.3 Å². The van der Waals surface area contributed by atoms with Crippen LogP contribution >= 0.6 is 11.6 Å². The molecule has 0 bridgehead atoms. The number of carbonyl (C=O) groups is 5. The molecule has 2 amide bonds. The Kier molecular flexibility index (Phi) is 9.63. The van der Waals surface area contributed by atoms with Crippen molar-refractivity contribution >= 4 is 47.2 Å². The largest absolute Gasteiger partial charge is 0.463 e. The third kappa shape index (κ3) is 8.19. The zero-order chi connectivity index (χ0) is 25.4. The summed E-state index contributed by atoms with van der Waals surface area (Å²) in [5, 5.41) is 5.53. The van der Waals surface area contributed by atoms with Crippen LogP contribution in [0.1, 0.15) is 27.7 Å². The average molecular weight is 501 g/mol. The predicted molar refractivity (Wildman–Crippen MR) is 116 cm³/mol. The van der Waals surface area contributed by atoms with E-state index in [9.17, 15) is 24.0 Å². The first-order valence-corrected chi connectivity index (χ1v) is 10.5. The molecule has 34 heavy (non-hydrogen) atoms. The van der Waals surface area contributed by atoms with Gasteiger partial charge in [-0.3, -0.25) is 19.2 Å². The van der Waals surface area contributed by atoms with Crippen LogP contribution in [-0.2, 0) is 42.9 Å². The molecule has 1 saturated heterocycles. The monoisotopic (exact) mass is 500 g/mol. The van der Waals surface area contributed by atoms with Gasteiger partial charge in [-0.2, -0.15) is 0 Å². The van der Waals surface area contributed by atoms with E-state index in [1.807, 2.05) is 0 Å². The molecule has 1 aliphatic heterocycles. The van der Waals surface area contributed by atoms with Crippen molar-refractivity contribution in [3.8, 4) is 0 Å². The number of rotatable bonds is 7. The molecule has 2 N–H and O–H groups in total. The lowest BCUT2D eigenvalue weighted by molar-refractivity contribution is -0.270. The molecule has 186 valence electrons. The van der Waals surface area contributed by atoms with E-state index in [-0.39, 0.29) is 0 Å². The van der Waals surface area contributed by atoms with Gasteiger partial charge in [-0.1, -0.05) is 11.6 Å². The minimum absolute atomic E-state index is 0.385. The van der Waals surface area contributed by atoms with Crippen LogP contribution in [0, 0.1) is 0 Å². The Morgan fingerprint density at radius 2 is 1.41 bits per heavy atom. The molecule has 1 heterocycles. The molecule has 12 nitrogen and oxygen atoms in total. The molecule has 2 rings (SSSR count). The molecule has 0 spiro atoms.